The first kappa shape index (κ1) is 31.1. The number of carbonyl (C=O) groups excluding carboxylic acids is 5. The number of phenols is 1. The van der Waals surface area contributed by atoms with Gasteiger partial charge in [0.15, 0.2) is 0 Å². The van der Waals surface area contributed by atoms with E-state index in [0.29, 0.717) is 11.8 Å². The number of nitrogens with one attached hydrogen (secondary N) is 2. The molecule has 0 radical (unpaired) electrons. The van der Waals surface area contributed by atoms with E-state index in [0.717, 1.165) is 4.90 Å². The Kier molecular flexibility index (Phi) is 11.7. The van der Waals surface area contributed by atoms with Crippen LogP contribution in [0.4, 0.5) is 0 Å². The van der Waals surface area contributed by atoms with Crippen LogP contribution >= 0.6 is 0 Å². The van der Waals surface area contributed by atoms with Crippen LogP contribution in [0.25, 0.3) is 0 Å². The Balaban J connectivity index is 3.06. The van der Waals surface area contributed by atoms with Crippen molar-refractivity contribution in [1.29, 1.82) is 0 Å². The largest absolute Gasteiger partial charge is 0.508 e. The maximum atomic E-state index is 13.4. The molecule has 0 aromatic heterocycles. The van der Waals surface area contributed by atoms with Gasteiger partial charge in [-0.3, -0.25) is 24.0 Å². The maximum absolute atomic E-state index is 13.4. The Bertz CT molecular complexity index is 995. The minimum Gasteiger partial charge on any atom is -0.508 e. The third-order valence-electron chi connectivity index (χ3n) is 5.83. The highest BCUT2D eigenvalue weighted by Crippen LogP contribution is 2.16. The van der Waals surface area contributed by atoms with Gasteiger partial charge < -0.3 is 35.4 Å². The number of rotatable bonds is 13. The molecule has 0 aliphatic rings. The molecule has 1 rings (SSSR count). The van der Waals surface area contributed by atoms with Crippen molar-refractivity contribution in [2.45, 2.75) is 64.7 Å². The number of hydrogen-bond acceptors (Lipinski definition) is 7. The second kappa shape index (κ2) is 14.0. The topological polar surface area (TPSA) is 173 Å². The quantitative estimate of drug-likeness (QED) is 0.262. The van der Waals surface area contributed by atoms with E-state index in [-0.39, 0.29) is 18.1 Å². The van der Waals surface area contributed by atoms with Crippen molar-refractivity contribution in [3.8, 4) is 5.75 Å². The van der Waals surface area contributed by atoms with Gasteiger partial charge in [-0.2, -0.15) is 0 Å². The number of hydrogen-bond donors (Lipinski definition) is 4. The number of likely N-dealkylation sites (N-methyl/N-ethyl adjacent to an activating group) is 2. The average Bonchev–Trinajstić information content (AvgIpc) is 2.81. The van der Waals surface area contributed by atoms with Gasteiger partial charge in [0.25, 0.3) is 0 Å². The van der Waals surface area contributed by atoms with Gasteiger partial charge in [-0.15, -0.1) is 0 Å². The number of nitrogens with zero attached hydrogens (tertiary/aromatic N) is 2. The van der Waals surface area contributed by atoms with Gasteiger partial charge in [-0.25, -0.2) is 0 Å². The molecule has 4 atom stereocenters. The highest BCUT2D eigenvalue weighted by atomic mass is 16.4. The number of carboxylic acids is 1. The van der Waals surface area contributed by atoms with Crippen molar-refractivity contribution in [2.75, 3.05) is 14.1 Å². The van der Waals surface area contributed by atoms with E-state index in [2.05, 4.69) is 10.6 Å². The van der Waals surface area contributed by atoms with Gasteiger partial charge in [0.2, 0.25) is 23.6 Å². The normalized spacial score (nSPS) is 14.0. The number of carbonyl (C=O) groups is 6. The summed E-state index contributed by atoms with van der Waals surface area (Å²) in [6, 6.07) is 1.84. The number of amides is 4. The predicted octanol–water partition coefficient (Wildman–Crippen LogP) is -0.0723. The van der Waals surface area contributed by atoms with Gasteiger partial charge in [-0.1, -0.05) is 26.0 Å². The Morgan fingerprint density at radius 3 is 1.97 bits per heavy atom. The van der Waals surface area contributed by atoms with Gasteiger partial charge in [0, 0.05) is 27.4 Å². The maximum Gasteiger partial charge on any atom is 0.305 e. The van der Waals surface area contributed by atoms with Crippen LogP contribution in [0.1, 0.15) is 39.7 Å². The summed E-state index contributed by atoms with van der Waals surface area (Å²) in [4.78, 5) is 75.4. The molecule has 4 amide bonds. The van der Waals surface area contributed by atoms with Gasteiger partial charge >= 0.3 is 5.97 Å². The number of aromatic hydroxyl groups is 1. The van der Waals surface area contributed by atoms with Crippen molar-refractivity contribution in [3.63, 3.8) is 0 Å². The zero-order valence-corrected chi connectivity index (χ0v) is 21.9. The highest BCUT2D eigenvalue weighted by Gasteiger charge is 2.35. The van der Waals surface area contributed by atoms with Crippen molar-refractivity contribution >= 4 is 35.9 Å². The SMILES string of the molecule is CC(=O)NC(Cc1ccc(O)cc1)C(=O)N(C)C(C(=O)NC(C)C(=O)N(C)C(C=O)CC(=O)O)C(C)C. The number of aliphatic carboxylic acids is 1. The summed E-state index contributed by atoms with van der Waals surface area (Å²) in [7, 11) is 2.69. The van der Waals surface area contributed by atoms with E-state index in [1.165, 1.54) is 45.0 Å². The Morgan fingerprint density at radius 2 is 1.51 bits per heavy atom. The second-order valence-corrected chi connectivity index (χ2v) is 9.24. The molecule has 204 valence electrons. The first-order valence-corrected chi connectivity index (χ1v) is 11.7. The van der Waals surface area contributed by atoms with Crippen molar-refractivity contribution in [1.82, 2.24) is 20.4 Å². The lowest BCUT2D eigenvalue weighted by Gasteiger charge is -2.34. The summed E-state index contributed by atoms with van der Waals surface area (Å²) >= 11 is 0. The lowest BCUT2D eigenvalue weighted by atomic mass is 9.98. The van der Waals surface area contributed by atoms with Crippen molar-refractivity contribution in [2.24, 2.45) is 5.92 Å². The average molecular weight is 521 g/mol. The molecule has 0 heterocycles. The predicted molar refractivity (Wildman–Crippen MR) is 133 cm³/mol. The van der Waals surface area contributed by atoms with E-state index in [9.17, 15) is 33.9 Å². The van der Waals surface area contributed by atoms with E-state index < -0.39 is 60.2 Å². The minimum absolute atomic E-state index is 0.0524. The fourth-order valence-electron chi connectivity index (χ4n) is 3.91. The van der Waals surface area contributed by atoms with E-state index in [4.69, 9.17) is 5.11 Å². The van der Waals surface area contributed by atoms with Crippen LogP contribution in [0, 0.1) is 5.92 Å². The summed E-state index contributed by atoms with van der Waals surface area (Å²) in [6.07, 6.45) is -0.115. The zero-order chi connectivity index (χ0) is 28.4. The molecule has 37 heavy (non-hydrogen) atoms. The molecule has 4 N–H and O–H groups in total. The molecule has 0 saturated heterocycles. The molecule has 4 unspecified atom stereocenters. The van der Waals surface area contributed by atoms with Crippen LogP contribution in [0.5, 0.6) is 5.75 Å². The Labute approximate surface area is 216 Å². The molecule has 0 saturated carbocycles. The Morgan fingerprint density at radius 1 is 0.946 bits per heavy atom. The van der Waals surface area contributed by atoms with Crippen LogP contribution in [-0.4, -0.2) is 94.2 Å². The summed E-state index contributed by atoms with van der Waals surface area (Å²) < 4.78 is 0. The summed E-state index contributed by atoms with van der Waals surface area (Å²) in [5.41, 5.74) is 0.678. The number of benzene rings is 1. The molecular formula is C25H36N4O8. The van der Waals surface area contributed by atoms with E-state index >= 15 is 0 Å². The molecule has 1 aromatic rings. The van der Waals surface area contributed by atoms with Crippen LogP contribution in [0.15, 0.2) is 24.3 Å². The number of phenolic OH excluding ortho intramolecular Hbond substituents is 1. The van der Waals surface area contributed by atoms with Crippen LogP contribution in [-0.2, 0) is 35.2 Å². The van der Waals surface area contributed by atoms with Gasteiger partial charge in [-0.05, 0) is 30.5 Å². The summed E-state index contributed by atoms with van der Waals surface area (Å²) in [6.45, 7) is 6.10. The number of aldehydes is 1. The van der Waals surface area contributed by atoms with E-state index in [1.807, 2.05) is 0 Å². The molecule has 0 spiro atoms. The molecular weight excluding hydrogens is 484 g/mol. The standard InChI is InChI=1S/C25H36N4O8/c1-14(2)22(23(35)26-15(3)24(36)28(5)18(13-30)12-21(33)34)29(6)25(37)20(27-16(4)31)11-17-7-9-19(32)10-8-17/h7-10,13-15,18,20,22,32H,11-12H2,1-6H3,(H,26,35)(H,27,31)(H,33,34). The third-order valence-corrected chi connectivity index (χ3v) is 5.83. The van der Waals surface area contributed by atoms with Gasteiger partial charge in [0.1, 0.15) is 30.2 Å². The zero-order valence-electron chi connectivity index (χ0n) is 21.9. The van der Waals surface area contributed by atoms with Crippen LogP contribution < -0.4 is 10.6 Å². The smallest absolute Gasteiger partial charge is 0.305 e. The van der Waals surface area contributed by atoms with Crippen molar-refractivity contribution in [3.05, 3.63) is 29.8 Å². The second-order valence-electron chi connectivity index (χ2n) is 9.24. The van der Waals surface area contributed by atoms with E-state index in [1.54, 1.807) is 26.0 Å². The monoisotopic (exact) mass is 520 g/mol. The van der Waals surface area contributed by atoms with Crippen LogP contribution in [0.2, 0.25) is 0 Å². The van der Waals surface area contributed by atoms with Gasteiger partial charge in [0.05, 0.1) is 12.5 Å². The number of carboxylic acid groups (broad SMARTS) is 1. The molecule has 0 bridgehead atoms. The third kappa shape index (κ3) is 9.21. The lowest BCUT2D eigenvalue weighted by Crippen LogP contribution is -2.59. The molecule has 0 aliphatic carbocycles. The first-order chi connectivity index (χ1) is 17.2. The lowest BCUT2D eigenvalue weighted by molar-refractivity contribution is -0.146. The molecule has 0 fully saturated rings. The Hall–Kier alpha value is -3.96. The fourth-order valence-corrected chi connectivity index (χ4v) is 3.91. The molecule has 12 nitrogen and oxygen atoms in total. The highest BCUT2D eigenvalue weighted by molar-refractivity contribution is 5.94. The summed E-state index contributed by atoms with van der Waals surface area (Å²) in [5, 5.41) is 23.6. The minimum atomic E-state index is -1.26. The summed E-state index contributed by atoms with van der Waals surface area (Å²) in [5.74, 6) is -3.86. The fraction of sp³-hybridized carbons (Fsp3) is 0.520. The first-order valence-electron chi connectivity index (χ1n) is 11.7. The van der Waals surface area contributed by atoms with Crippen LogP contribution in [0.3, 0.4) is 0 Å². The molecule has 0 aliphatic heterocycles. The van der Waals surface area contributed by atoms with Crippen molar-refractivity contribution < 1.29 is 39.0 Å². The molecule has 1 aromatic carbocycles. The molecule has 12 heteroatoms.